The highest BCUT2D eigenvalue weighted by atomic mass is 32.1. The third-order valence-electron chi connectivity index (χ3n) is 2.97. The highest BCUT2D eigenvalue weighted by Crippen LogP contribution is 2.11. The molecule has 1 aromatic carbocycles. The summed E-state index contributed by atoms with van der Waals surface area (Å²) in [5.41, 5.74) is 6.99. The quantitative estimate of drug-likeness (QED) is 0.410. The number of methoxy groups -OCH3 is 1. The molecule has 8 heteroatoms. The summed E-state index contributed by atoms with van der Waals surface area (Å²) in [6, 6.07) is 7.65. The van der Waals surface area contributed by atoms with Crippen molar-refractivity contribution in [2.45, 2.75) is 13.0 Å². The minimum Gasteiger partial charge on any atom is -0.385 e. The summed E-state index contributed by atoms with van der Waals surface area (Å²) in [4.78, 5) is 16.1. The van der Waals surface area contributed by atoms with Gasteiger partial charge in [-0.1, -0.05) is 12.1 Å². The number of para-hydroxylation sites is 2. The minimum atomic E-state index is -0.204. The summed E-state index contributed by atoms with van der Waals surface area (Å²) < 4.78 is 6.71. The number of aromatic nitrogens is 2. The standard InChI is InChI=1S/C14H19N5O2S/c1-21-8-4-7-15-14(22)18-17-13(20)9-19-10-16-11-5-2-3-6-12(11)19/h2-3,5-6,10H,4,7-9H2,1H3,(H,17,20)(H2,15,18,22). The molecule has 3 N–H and O–H groups in total. The Labute approximate surface area is 134 Å². The maximum absolute atomic E-state index is 11.9. The van der Waals surface area contributed by atoms with Crippen molar-refractivity contribution >= 4 is 34.3 Å². The number of amides is 1. The van der Waals surface area contributed by atoms with E-state index in [0.717, 1.165) is 17.5 Å². The molecule has 1 amide bonds. The van der Waals surface area contributed by atoms with Gasteiger partial charge in [0.25, 0.3) is 5.91 Å². The van der Waals surface area contributed by atoms with E-state index in [2.05, 4.69) is 21.2 Å². The van der Waals surface area contributed by atoms with E-state index in [9.17, 15) is 4.79 Å². The number of imidazole rings is 1. The summed E-state index contributed by atoms with van der Waals surface area (Å²) in [6.45, 7) is 1.51. The molecule has 0 saturated heterocycles. The Bertz CT molecular complexity index is 643. The van der Waals surface area contributed by atoms with Crippen molar-refractivity contribution in [1.29, 1.82) is 0 Å². The molecule has 0 aliphatic carbocycles. The molecule has 0 atom stereocenters. The van der Waals surface area contributed by atoms with Gasteiger partial charge in [-0.2, -0.15) is 0 Å². The van der Waals surface area contributed by atoms with Crippen molar-refractivity contribution in [3.63, 3.8) is 0 Å². The van der Waals surface area contributed by atoms with Gasteiger partial charge >= 0.3 is 0 Å². The lowest BCUT2D eigenvalue weighted by molar-refractivity contribution is -0.122. The minimum absolute atomic E-state index is 0.166. The number of nitrogens with zero attached hydrogens (tertiary/aromatic N) is 2. The Morgan fingerprint density at radius 3 is 3.00 bits per heavy atom. The van der Waals surface area contributed by atoms with Gasteiger partial charge in [-0.05, 0) is 30.8 Å². The van der Waals surface area contributed by atoms with E-state index in [-0.39, 0.29) is 12.5 Å². The monoisotopic (exact) mass is 321 g/mol. The number of hydrogen-bond acceptors (Lipinski definition) is 4. The van der Waals surface area contributed by atoms with E-state index in [0.29, 0.717) is 18.3 Å². The molecule has 0 saturated carbocycles. The number of hydrazine groups is 1. The van der Waals surface area contributed by atoms with Crippen molar-refractivity contribution in [1.82, 2.24) is 25.7 Å². The van der Waals surface area contributed by atoms with Crippen molar-refractivity contribution < 1.29 is 9.53 Å². The third kappa shape index (κ3) is 4.68. The van der Waals surface area contributed by atoms with E-state index >= 15 is 0 Å². The van der Waals surface area contributed by atoms with E-state index in [1.54, 1.807) is 18.0 Å². The molecule has 1 heterocycles. The summed E-state index contributed by atoms with van der Waals surface area (Å²) in [5.74, 6) is -0.204. The summed E-state index contributed by atoms with van der Waals surface area (Å²) >= 11 is 5.05. The smallest absolute Gasteiger partial charge is 0.258 e. The van der Waals surface area contributed by atoms with Crippen molar-refractivity contribution in [2.24, 2.45) is 0 Å². The number of ether oxygens (including phenoxy) is 1. The fourth-order valence-electron chi connectivity index (χ4n) is 1.92. The van der Waals surface area contributed by atoms with E-state index in [1.807, 2.05) is 24.3 Å². The molecule has 1 aromatic heterocycles. The van der Waals surface area contributed by atoms with Crippen LogP contribution < -0.4 is 16.2 Å². The van der Waals surface area contributed by atoms with Gasteiger partial charge in [-0.25, -0.2) is 4.98 Å². The second-order valence-electron chi connectivity index (χ2n) is 4.64. The average Bonchev–Trinajstić information content (AvgIpc) is 2.93. The predicted octanol–water partition coefficient (Wildman–Crippen LogP) is 0.568. The molecule has 0 unspecified atom stereocenters. The summed E-state index contributed by atoms with van der Waals surface area (Å²) in [6.07, 6.45) is 2.48. The molecule has 22 heavy (non-hydrogen) atoms. The number of thiocarbonyl (C=S) groups is 1. The van der Waals surface area contributed by atoms with Gasteiger partial charge in [0.05, 0.1) is 17.4 Å². The molecular weight excluding hydrogens is 302 g/mol. The molecule has 2 aromatic rings. The number of hydrogen-bond donors (Lipinski definition) is 3. The number of nitrogens with one attached hydrogen (secondary N) is 3. The van der Waals surface area contributed by atoms with Gasteiger partial charge in [0.2, 0.25) is 0 Å². The van der Waals surface area contributed by atoms with Gasteiger partial charge in [-0.15, -0.1) is 0 Å². The molecule has 0 spiro atoms. The van der Waals surface area contributed by atoms with Crippen LogP contribution in [0.1, 0.15) is 6.42 Å². The zero-order valence-electron chi connectivity index (χ0n) is 12.3. The molecule has 0 aliphatic rings. The first kappa shape index (κ1) is 16.2. The van der Waals surface area contributed by atoms with Gasteiger partial charge in [0.1, 0.15) is 6.54 Å². The molecule has 0 bridgehead atoms. The van der Waals surface area contributed by atoms with Crippen LogP contribution in [0.4, 0.5) is 0 Å². The van der Waals surface area contributed by atoms with Crippen LogP contribution in [0.3, 0.4) is 0 Å². The van der Waals surface area contributed by atoms with Gasteiger partial charge in [0, 0.05) is 20.3 Å². The lowest BCUT2D eigenvalue weighted by Gasteiger charge is -2.11. The number of fused-ring (bicyclic) bond motifs is 1. The first-order valence-electron chi connectivity index (χ1n) is 6.92. The van der Waals surface area contributed by atoms with Crippen LogP contribution in [0.25, 0.3) is 11.0 Å². The van der Waals surface area contributed by atoms with Crippen LogP contribution >= 0.6 is 12.2 Å². The van der Waals surface area contributed by atoms with Crippen molar-refractivity contribution in [2.75, 3.05) is 20.3 Å². The number of benzene rings is 1. The SMILES string of the molecule is COCCCNC(=S)NNC(=O)Cn1cnc2ccccc21. The first-order valence-corrected chi connectivity index (χ1v) is 7.33. The number of carbonyl (C=O) groups excluding carboxylic acids is 1. The van der Waals surface area contributed by atoms with Crippen LogP contribution in [-0.2, 0) is 16.1 Å². The molecule has 118 valence electrons. The summed E-state index contributed by atoms with van der Waals surface area (Å²) in [5, 5.41) is 3.34. The Morgan fingerprint density at radius 1 is 1.36 bits per heavy atom. The van der Waals surface area contributed by atoms with Crippen LogP contribution in [0.15, 0.2) is 30.6 Å². The second-order valence-corrected chi connectivity index (χ2v) is 5.04. The zero-order chi connectivity index (χ0) is 15.8. The fraction of sp³-hybridized carbons (Fsp3) is 0.357. The highest BCUT2D eigenvalue weighted by molar-refractivity contribution is 7.80. The fourth-order valence-corrected chi connectivity index (χ4v) is 2.07. The predicted molar refractivity (Wildman–Crippen MR) is 88.1 cm³/mol. The molecular formula is C14H19N5O2S. The van der Waals surface area contributed by atoms with Crippen LogP contribution in [0, 0.1) is 0 Å². The maximum atomic E-state index is 11.9. The first-order chi connectivity index (χ1) is 10.7. The highest BCUT2D eigenvalue weighted by Gasteiger charge is 2.06. The lowest BCUT2D eigenvalue weighted by atomic mass is 10.3. The third-order valence-corrected chi connectivity index (χ3v) is 3.21. The second kappa shape index (κ2) is 8.30. The largest absolute Gasteiger partial charge is 0.385 e. The van der Waals surface area contributed by atoms with Gasteiger partial charge in [-0.3, -0.25) is 15.6 Å². The lowest BCUT2D eigenvalue weighted by Crippen LogP contribution is -2.48. The summed E-state index contributed by atoms with van der Waals surface area (Å²) in [7, 11) is 1.65. The topological polar surface area (TPSA) is 80.2 Å². The number of rotatable bonds is 6. The van der Waals surface area contributed by atoms with Crippen LogP contribution in [0.5, 0.6) is 0 Å². The molecule has 0 fully saturated rings. The molecule has 0 aliphatic heterocycles. The van der Waals surface area contributed by atoms with Gasteiger partial charge < -0.3 is 14.6 Å². The van der Waals surface area contributed by atoms with E-state index in [4.69, 9.17) is 17.0 Å². The van der Waals surface area contributed by atoms with Crippen molar-refractivity contribution in [3.8, 4) is 0 Å². The normalized spacial score (nSPS) is 10.4. The molecule has 2 rings (SSSR count). The maximum Gasteiger partial charge on any atom is 0.258 e. The Hall–Kier alpha value is -2.19. The Balaban J connectivity index is 1.75. The Morgan fingerprint density at radius 2 is 2.18 bits per heavy atom. The number of carbonyl (C=O) groups is 1. The van der Waals surface area contributed by atoms with E-state index < -0.39 is 0 Å². The zero-order valence-corrected chi connectivity index (χ0v) is 13.2. The Kier molecular flexibility index (Phi) is 6.11. The van der Waals surface area contributed by atoms with Crippen LogP contribution in [-0.4, -0.2) is 40.8 Å². The van der Waals surface area contributed by atoms with Gasteiger partial charge in [0.15, 0.2) is 5.11 Å². The molecule has 0 radical (unpaired) electrons. The molecule has 7 nitrogen and oxygen atoms in total. The average molecular weight is 321 g/mol. The van der Waals surface area contributed by atoms with Crippen molar-refractivity contribution in [3.05, 3.63) is 30.6 Å². The van der Waals surface area contributed by atoms with E-state index in [1.165, 1.54) is 0 Å². The van der Waals surface area contributed by atoms with Crippen LogP contribution in [0.2, 0.25) is 0 Å².